The Labute approximate surface area is 177 Å². The summed E-state index contributed by atoms with van der Waals surface area (Å²) in [4.78, 5) is 21.4. The van der Waals surface area contributed by atoms with Crippen molar-refractivity contribution >= 4 is 27.8 Å². The van der Waals surface area contributed by atoms with Gasteiger partial charge in [-0.25, -0.2) is 13.4 Å². The molecule has 2 aliphatic rings. The molecule has 2 fully saturated rings. The van der Waals surface area contributed by atoms with E-state index in [1.54, 1.807) is 23.2 Å². The van der Waals surface area contributed by atoms with Crippen molar-refractivity contribution in [3.05, 3.63) is 65.2 Å². The van der Waals surface area contributed by atoms with Gasteiger partial charge in [0.2, 0.25) is 10.0 Å². The van der Waals surface area contributed by atoms with Crippen LogP contribution in [0.1, 0.15) is 28.8 Å². The maximum Gasteiger partial charge on any atom is 0.257 e. The van der Waals surface area contributed by atoms with Crippen LogP contribution in [0.2, 0.25) is 0 Å². The van der Waals surface area contributed by atoms with Crippen molar-refractivity contribution in [2.45, 2.75) is 12.8 Å². The van der Waals surface area contributed by atoms with Gasteiger partial charge in [0.25, 0.3) is 5.91 Å². The van der Waals surface area contributed by atoms with Crippen LogP contribution in [-0.2, 0) is 10.0 Å². The van der Waals surface area contributed by atoms with Gasteiger partial charge in [0.1, 0.15) is 5.82 Å². The molecule has 1 aromatic heterocycles. The fraction of sp³-hybridized carbons (Fsp3) is 0.364. The largest absolute Gasteiger partial charge is 0.356 e. The molecule has 1 amide bonds. The molecule has 0 atom stereocenters. The average molecular weight is 427 g/mol. The summed E-state index contributed by atoms with van der Waals surface area (Å²) < 4.78 is 26.7. The minimum atomic E-state index is -3.52. The van der Waals surface area contributed by atoms with Gasteiger partial charge in [-0.1, -0.05) is 30.3 Å². The van der Waals surface area contributed by atoms with Crippen LogP contribution in [-0.4, -0.2) is 67.8 Å². The molecule has 2 aromatic rings. The summed E-state index contributed by atoms with van der Waals surface area (Å²) in [5, 5.41) is 1.24. The Morgan fingerprint density at radius 1 is 0.900 bits per heavy atom. The summed E-state index contributed by atoms with van der Waals surface area (Å²) in [6, 6.07) is 12.9. The Bertz CT molecular complexity index is 1010. The number of piperazine rings is 1. The molecular formula is C22H26N4O3S. The highest BCUT2D eigenvalue weighted by molar-refractivity contribution is 7.92. The molecule has 0 saturated carbocycles. The van der Waals surface area contributed by atoms with Gasteiger partial charge in [-0.15, -0.1) is 0 Å². The number of hydrogen-bond acceptors (Lipinski definition) is 5. The van der Waals surface area contributed by atoms with Gasteiger partial charge in [0, 0.05) is 50.9 Å². The Balaban J connectivity index is 1.41. The van der Waals surface area contributed by atoms with Crippen LogP contribution in [0.5, 0.6) is 0 Å². The zero-order valence-electron chi connectivity index (χ0n) is 16.9. The third kappa shape index (κ3) is 4.55. The standard InChI is InChI=1S/C22H26N4O3S/c27-22(20-9-6-11-23-21(20)24-12-4-5-13-24)25-14-16-26(17-15-25)30(28,29)18-10-19-7-2-1-3-8-19/h1-3,6-11,18H,4-5,12-17H2/b18-10+. The summed E-state index contributed by atoms with van der Waals surface area (Å²) >= 11 is 0. The fourth-order valence-corrected chi connectivity index (χ4v) is 5.05. The van der Waals surface area contributed by atoms with E-state index < -0.39 is 10.0 Å². The van der Waals surface area contributed by atoms with E-state index in [9.17, 15) is 13.2 Å². The number of carbonyl (C=O) groups excluding carboxylic acids is 1. The molecule has 0 N–H and O–H groups in total. The van der Waals surface area contributed by atoms with Crippen molar-refractivity contribution in [3.63, 3.8) is 0 Å². The van der Waals surface area contributed by atoms with E-state index in [1.165, 1.54) is 9.71 Å². The van der Waals surface area contributed by atoms with Crippen LogP contribution in [0, 0.1) is 0 Å². The van der Waals surface area contributed by atoms with Crippen molar-refractivity contribution in [1.29, 1.82) is 0 Å². The van der Waals surface area contributed by atoms with Crippen LogP contribution in [0.3, 0.4) is 0 Å². The molecule has 7 nitrogen and oxygen atoms in total. The second-order valence-electron chi connectivity index (χ2n) is 7.52. The van der Waals surface area contributed by atoms with Crippen molar-refractivity contribution in [2.75, 3.05) is 44.2 Å². The predicted octanol–water partition coefficient (Wildman–Crippen LogP) is 2.44. The lowest BCUT2D eigenvalue weighted by atomic mass is 10.2. The van der Waals surface area contributed by atoms with E-state index >= 15 is 0 Å². The molecule has 2 saturated heterocycles. The summed E-state index contributed by atoms with van der Waals surface area (Å²) in [7, 11) is -3.52. The molecule has 1 aromatic carbocycles. The monoisotopic (exact) mass is 426 g/mol. The van der Waals surface area contributed by atoms with Crippen molar-refractivity contribution in [1.82, 2.24) is 14.2 Å². The Kier molecular flexibility index (Phi) is 6.15. The predicted molar refractivity (Wildman–Crippen MR) is 118 cm³/mol. The van der Waals surface area contributed by atoms with Crippen LogP contribution in [0.25, 0.3) is 6.08 Å². The second kappa shape index (κ2) is 8.97. The molecule has 4 rings (SSSR count). The van der Waals surface area contributed by atoms with Crippen LogP contribution in [0.4, 0.5) is 5.82 Å². The lowest BCUT2D eigenvalue weighted by molar-refractivity contribution is 0.0699. The first-order valence-electron chi connectivity index (χ1n) is 10.3. The van der Waals surface area contributed by atoms with E-state index in [2.05, 4.69) is 9.88 Å². The molecule has 0 aliphatic carbocycles. The number of nitrogens with zero attached hydrogens (tertiary/aromatic N) is 4. The zero-order chi connectivity index (χ0) is 21.0. The number of amides is 1. The van der Waals surface area contributed by atoms with Gasteiger partial charge in [-0.05, 0) is 36.6 Å². The number of anilines is 1. The lowest BCUT2D eigenvalue weighted by Gasteiger charge is -2.34. The van der Waals surface area contributed by atoms with Crippen molar-refractivity contribution in [3.8, 4) is 0 Å². The minimum absolute atomic E-state index is 0.0816. The number of aromatic nitrogens is 1. The number of sulfonamides is 1. The van der Waals surface area contributed by atoms with Crippen LogP contribution in [0.15, 0.2) is 54.1 Å². The first kappa shape index (κ1) is 20.6. The molecule has 0 spiro atoms. The highest BCUT2D eigenvalue weighted by atomic mass is 32.2. The Hall–Kier alpha value is -2.71. The molecule has 30 heavy (non-hydrogen) atoms. The smallest absolute Gasteiger partial charge is 0.257 e. The minimum Gasteiger partial charge on any atom is -0.356 e. The SMILES string of the molecule is O=C(c1cccnc1N1CCCC1)N1CCN(S(=O)(=O)/C=C/c2ccccc2)CC1. The molecule has 0 unspecified atom stereocenters. The number of pyridine rings is 1. The quantitative estimate of drug-likeness (QED) is 0.734. The topological polar surface area (TPSA) is 73.8 Å². The molecule has 8 heteroatoms. The summed E-state index contributed by atoms with van der Waals surface area (Å²) in [6.07, 6.45) is 5.54. The molecule has 3 heterocycles. The molecular weight excluding hydrogens is 400 g/mol. The van der Waals surface area contributed by atoms with Crippen LogP contribution >= 0.6 is 0 Å². The number of benzene rings is 1. The summed E-state index contributed by atoms with van der Waals surface area (Å²) in [6.45, 7) is 3.13. The number of carbonyl (C=O) groups is 1. The fourth-order valence-electron chi connectivity index (χ4n) is 3.88. The first-order valence-corrected chi connectivity index (χ1v) is 11.8. The van der Waals surface area contributed by atoms with Gasteiger partial charge < -0.3 is 9.80 Å². The summed E-state index contributed by atoms with van der Waals surface area (Å²) in [5.41, 5.74) is 1.43. The van der Waals surface area contributed by atoms with Gasteiger partial charge >= 0.3 is 0 Å². The Morgan fingerprint density at radius 2 is 1.60 bits per heavy atom. The molecule has 0 radical (unpaired) electrons. The highest BCUT2D eigenvalue weighted by Gasteiger charge is 2.30. The average Bonchev–Trinajstić information content (AvgIpc) is 3.33. The summed E-state index contributed by atoms with van der Waals surface area (Å²) in [5.74, 6) is 0.655. The normalized spacial score (nSPS) is 18.3. The zero-order valence-corrected chi connectivity index (χ0v) is 17.7. The highest BCUT2D eigenvalue weighted by Crippen LogP contribution is 2.24. The van der Waals surface area contributed by atoms with Gasteiger partial charge in [0.15, 0.2) is 0 Å². The molecule has 0 bridgehead atoms. The maximum absolute atomic E-state index is 13.1. The molecule has 158 valence electrons. The molecule has 2 aliphatic heterocycles. The third-order valence-electron chi connectivity index (χ3n) is 5.54. The van der Waals surface area contributed by atoms with E-state index in [-0.39, 0.29) is 19.0 Å². The van der Waals surface area contributed by atoms with E-state index in [0.717, 1.165) is 37.3 Å². The van der Waals surface area contributed by atoms with Gasteiger partial charge in [-0.3, -0.25) is 4.79 Å². The van der Waals surface area contributed by atoms with E-state index in [1.807, 2.05) is 36.4 Å². The van der Waals surface area contributed by atoms with Gasteiger partial charge in [0.05, 0.1) is 5.56 Å². The lowest BCUT2D eigenvalue weighted by Crippen LogP contribution is -2.50. The maximum atomic E-state index is 13.1. The second-order valence-corrected chi connectivity index (χ2v) is 9.34. The Morgan fingerprint density at radius 3 is 2.30 bits per heavy atom. The van der Waals surface area contributed by atoms with E-state index in [0.29, 0.717) is 18.7 Å². The first-order chi connectivity index (χ1) is 14.5. The van der Waals surface area contributed by atoms with Gasteiger partial charge in [-0.2, -0.15) is 4.31 Å². The van der Waals surface area contributed by atoms with Crippen LogP contribution < -0.4 is 4.90 Å². The van der Waals surface area contributed by atoms with Crippen molar-refractivity contribution in [2.24, 2.45) is 0 Å². The van der Waals surface area contributed by atoms with Crippen molar-refractivity contribution < 1.29 is 13.2 Å². The van der Waals surface area contributed by atoms with E-state index in [4.69, 9.17) is 0 Å². The number of rotatable bonds is 5. The number of hydrogen-bond donors (Lipinski definition) is 0. The third-order valence-corrected chi connectivity index (χ3v) is 7.11.